The fourth-order valence-electron chi connectivity index (χ4n) is 1.67. The smallest absolute Gasteiger partial charge is 0.123 e. The molecule has 0 saturated heterocycles. The number of benzene rings is 1. The molecule has 0 aliphatic rings. The second kappa shape index (κ2) is 6.36. The molecule has 1 aromatic carbocycles. The molecular formula is C14H19FN2. The van der Waals surface area contributed by atoms with E-state index >= 15 is 0 Å². The minimum Gasteiger partial charge on any atom is -0.312 e. The van der Waals surface area contributed by atoms with Gasteiger partial charge in [-0.1, -0.05) is 26.0 Å². The van der Waals surface area contributed by atoms with Crippen LogP contribution in [-0.2, 0) is 6.54 Å². The number of nitrogens with zero attached hydrogens (tertiary/aromatic N) is 1. The summed E-state index contributed by atoms with van der Waals surface area (Å²) in [6.45, 7) is 5.74. The third-order valence-electron chi connectivity index (χ3n) is 2.74. The molecular weight excluding hydrogens is 215 g/mol. The van der Waals surface area contributed by atoms with Crippen molar-refractivity contribution in [1.82, 2.24) is 5.32 Å². The Hall–Kier alpha value is -1.40. The van der Waals surface area contributed by atoms with Gasteiger partial charge in [0.2, 0.25) is 0 Å². The summed E-state index contributed by atoms with van der Waals surface area (Å²) in [6, 6.07) is 8.76. The van der Waals surface area contributed by atoms with E-state index in [0.29, 0.717) is 13.0 Å². The maximum atomic E-state index is 12.9. The van der Waals surface area contributed by atoms with Crippen LogP contribution in [0.1, 0.15) is 32.3 Å². The lowest BCUT2D eigenvalue weighted by Crippen LogP contribution is -2.29. The highest BCUT2D eigenvalue weighted by atomic mass is 19.1. The number of rotatable bonds is 6. The first kappa shape index (κ1) is 13.7. The number of nitrogens with one attached hydrogen (secondary N) is 1. The zero-order chi connectivity index (χ0) is 12.7. The molecule has 0 unspecified atom stereocenters. The molecule has 0 aromatic heterocycles. The number of hydrogen-bond acceptors (Lipinski definition) is 2. The van der Waals surface area contributed by atoms with Crippen molar-refractivity contribution in [2.45, 2.75) is 33.2 Å². The lowest BCUT2D eigenvalue weighted by molar-refractivity contribution is 0.317. The SMILES string of the molecule is CC(C)(CCC#N)CNCc1cccc(F)c1. The van der Waals surface area contributed by atoms with Crippen LogP contribution in [0.3, 0.4) is 0 Å². The summed E-state index contributed by atoms with van der Waals surface area (Å²) in [7, 11) is 0. The summed E-state index contributed by atoms with van der Waals surface area (Å²) in [5.41, 5.74) is 1.05. The number of halogens is 1. The minimum atomic E-state index is -0.201. The van der Waals surface area contributed by atoms with Crippen LogP contribution in [0.5, 0.6) is 0 Å². The summed E-state index contributed by atoms with van der Waals surface area (Å²) in [6.07, 6.45) is 1.45. The molecule has 1 rings (SSSR count). The maximum absolute atomic E-state index is 12.9. The van der Waals surface area contributed by atoms with Gasteiger partial charge in [-0.05, 0) is 29.5 Å². The molecule has 0 fully saturated rings. The van der Waals surface area contributed by atoms with Crippen LogP contribution >= 0.6 is 0 Å². The Morgan fingerprint density at radius 2 is 2.18 bits per heavy atom. The first-order valence-electron chi connectivity index (χ1n) is 5.86. The molecule has 3 heteroatoms. The zero-order valence-corrected chi connectivity index (χ0v) is 10.5. The standard InChI is InChI=1S/C14H19FN2/c1-14(2,7-4-8-16)11-17-10-12-5-3-6-13(15)9-12/h3,5-6,9,17H,4,7,10-11H2,1-2H3. The molecule has 0 atom stereocenters. The Labute approximate surface area is 102 Å². The zero-order valence-electron chi connectivity index (χ0n) is 10.5. The van der Waals surface area contributed by atoms with Gasteiger partial charge in [0.1, 0.15) is 5.82 Å². The maximum Gasteiger partial charge on any atom is 0.123 e. The fourth-order valence-corrected chi connectivity index (χ4v) is 1.67. The second-order valence-electron chi connectivity index (χ2n) is 5.06. The molecule has 0 radical (unpaired) electrons. The summed E-state index contributed by atoms with van der Waals surface area (Å²) in [5, 5.41) is 11.9. The highest BCUT2D eigenvalue weighted by Crippen LogP contribution is 2.20. The highest BCUT2D eigenvalue weighted by Gasteiger charge is 2.16. The Morgan fingerprint density at radius 3 is 2.82 bits per heavy atom. The first-order valence-corrected chi connectivity index (χ1v) is 5.86. The van der Waals surface area contributed by atoms with Gasteiger partial charge in [0.25, 0.3) is 0 Å². The van der Waals surface area contributed by atoms with E-state index in [4.69, 9.17) is 5.26 Å². The molecule has 0 saturated carbocycles. The van der Waals surface area contributed by atoms with Crippen molar-refractivity contribution in [3.8, 4) is 6.07 Å². The fraction of sp³-hybridized carbons (Fsp3) is 0.500. The lowest BCUT2D eigenvalue weighted by atomic mass is 9.88. The molecule has 1 aromatic rings. The van der Waals surface area contributed by atoms with E-state index in [-0.39, 0.29) is 11.2 Å². The molecule has 17 heavy (non-hydrogen) atoms. The Kier molecular flexibility index (Phi) is 5.11. The van der Waals surface area contributed by atoms with E-state index in [0.717, 1.165) is 18.5 Å². The van der Waals surface area contributed by atoms with Gasteiger partial charge >= 0.3 is 0 Å². The predicted octanol–water partition coefficient (Wildman–Crippen LogP) is 3.25. The van der Waals surface area contributed by atoms with Crippen LogP contribution in [-0.4, -0.2) is 6.54 Å². The minimum absolute atomic E-state index is 0.100. The van der Waals surface area contributed by atoms with Crippen LogP contribution < -0.4 is 5.32 Å². The van der Waals surface area contributed by atoms with E-state index in [9.17, 15) is 4.39 Å². The van der Waals surface area contributed by atoms with Crippen LogP contribution in [0.25, 0.3) is 0 Å². The van der Waals surface area contributed by atoms with Gasteiger partial charge in [0.05, 0.1) is 6.07 Å². The summed E-state index contributed by atoms with van der Waals surface area (Å²) < 4.78 is 12.9. The van der Waals surface area contributed by atoms with Crippen molar-refractivity contribution < 1.29 is 4.39 Å². The van der Waals surface area contributed by atoms with E-state index in [1.165, 1.54) is 12.1 Å². The monoisotopic (exact) mass is 234 g/mol. The van der Waals surface area contributed by atoms with E-state index in [1.807, 2.05) is 6.07 Å². The summed E-state index contributed by atoms with van der Waals surface area (Å²) >= 11 is 0. The third-order valence-corrected chi connectivity index (χ3v) is 2.74. The van der Waals surface area contributed by atoms with Crippen LogP contribution in [0, 0.1) is 22.6 Å². The molecule has 0 heterocycles. The van der Waals surface area contributed by atoms with Gasteiger partial charge in [-0.2, -0.15) is 5.26 Å². The first-order chi connectivity index (χ1) is 8.03. The second-order valence-corrected chi connectivity index (χ2v) is 5.06. The van der Waals surface area contributed by atoms with Crippen molar-refractivity contribution in [2.24, 2.45) is 5.41 Å². The molecule has 1 N–H and O–H groups in total. The summed E-state index contributed by atoms with van der Waals surface area (Å²) in [5.74, 6) is -0.201. The molecule has 0 amide bonds. The largest absolute Gasteiger partial charge is 0.312 e. The molecule has 0 bridgehead atoms. The van der Waals surface area contributed by atoms with Crippen molar-refractivity contribution in [1.29, 1.82) is 5.26 Å². The molecule has 0 spiro atoms. The van der Waals surface area contributed by atoms with Gasteiger partial charge in [-0.25, -0.2) is 4.39 Å². The van der Waals surface area contributed by atoms with Gasteiger partial charge in [0, 0.05) is 19.5 Å². The number of hydrogen-bond donors (Lipinski definition) is 1. The van der Waals surface area contributed by atoms with Gasteiger partial charge in [0.15, 0.2) is 0 Å². The van der Waals surface area contributed by atoms with Crippen molar-refractivity contribution in [2.75, 3.05) is 6.54 Å². The van der Waals surface area contributed by atoms with E-state index in [2.05, 4.69) is 25.2 Å². The normalized spacial score (nSPS) is 11.2. The molecule has 92 valence electrons. The highest BCUT2D eigenvalue weighted by molar-refractivity contribution is 5.15. The average molecular weight is 234 g/mol. The van der Waals surface area contributed by atoms with Crippen molar-refractivity contribution in [3.05, 3.63) is 35.6 Å². The van der Waals surface area contributed by atoms with Gasteiger partial charge < -0.3 is 5.32 Å². The molecule has 2 nitrogen and oxygen atoms in total. The Balaban J connectivity index is 2.35. The van der Waals surface area contributed by atoms with Gasteiger partial charge in [-0.15, -0.1) is 0 Å². The molecule has 0 aliphatic heterocycles. The molecule has 0 aliphatic carbocycles. The van der Waals surface area contributed by atoms with Crippen LogP contribution in [0.2, 0.25) is 0 Å². The Morgan fingerprint density at radius 1 is 1.41 bits per heavy atom. The van der Waals surface area contributed by atoms with E-state index < -0.39 is 0 Å². The Bertz CT molecular complexity index is 393. The average Bonchev–Trinajstić information content (AvgIpc) is 2.26. The number of nitriles is 1. The topological polar surface area (TPSA) is 35.8 Å². The van der Waals surface area contributed by atoms with E-state index in [1.54, 1.807) is 6.07 Å². The third kappa shape index (κ3) is 5.46. The summed E-state index contributed by atoms with van der Waals surface area (Å²) in [4.78, 5) is 0. The van der Waals surface area contributed by atoms with Crippen LogP contribution in [0.4, 0.5) is 4.39 Å². The lowest BCUT2D eigenvalue weighted by Gasteiger charge is -2.23. The predicted molar refractivity (Wildman–Crippen MR) is 66.7 cm³/mol. The van der Waals surface area contributed by atoms with Gasteiger partial charge in [-0.3, -0.25) is 0 Å². The van der Waals surface area contributed by atoms with Crippen LogP contribution in [0.15, 0.2) is 24.3 Å². The van der Waals surface area contributed by atoms with Crippen molar-refractivity contribution in [3.63, 3.8) is 0 Å². The van der Waals surface area contributed by atoms with Crippen molar-refractivity contribution >= 4 is 0 Å². The quantitative estimate of drug-likeness (QED) is 0.820.